The summed E-state index contributed by atoms with van der Waals surface area (Å²) in [6.07, 6.45) is 0. The van der Waals surface area contributed by atoms with Crippen molar-refractivity contribution in [3.8, 4) is 6.07 Å². The Bertz CT molecular complexity index is 508. The van der Waals surface area contributed by atoms with Gasteiger partial charge in [0.2, 0.25) is 0 Å². The third-order valence-corrected chi connectivity index (χ3v) is 2.50. The third-order valence-electron chi connectivity index (χ3n) is 2.50. The SMILES string of the molecule is CC(CNC(=O)NCc1cccc(C#N)c1)C(=O)O. The molecule has 0 radical (unpaired) electrons. The lowest BCUT2D eigenvalue weighted by Gasteiger charge is -2.10. The van der Waals surface area contributed by atoms with Gasteiger partial charge >= 0.3 is 12.0 Å². The molecule has 1 aromatic rings. The minimum Gasteiger partial charge on any atom is -0.481 e. The topological polar surface area (TPSA) is 102 Å². The van der Waals surface area contributed by atoms with E-state index < -0.39 is 17.9 Å². The van der Waals surface area contributed by atoms with Gasteiger partial charge in [-0.25, -0.2) is 4.79 Å². The maximum Gasteiger partial charge on any atom is 0.315 e. The molecule has 0 spiro atoms. The van der Waals surface area contributed by atoms with Gasteiger partial charge in [-0.2, -0.15) is 5.26 Å². The predicted molar refractivity (Wildman–Crippen MR) is 68.2 cm³/mol. The van der Waals surface area contributed by atoms with Crippen LogP contribution in [-0.4, -0.2) is 23.7 Å². The number of carboxylic acid groups (broad SMARTS) is 1. The first-order chi connectivity index (χ1) is 9.02. The van der Waals surface area contributed by atoms with Crippen LogP contribution in [0.1, 0.15) is 18.1 Å². The molecule has 1 rings (SSSR count). The fourth-order valence-electron chi connectivity index (χ4n) is 1.33. The lowest BCUT2D eigenvalue weighted by atomic mass is 10.1. The zero-order valence-electron chi connectivity index (χ0n) is 10.5. The summed E-state index contributed by atoms with van der Waals surface area (Å²) in [6.45, 7) is 1.86. The van der Waals surface area contributed by atoms with Crippen LogP contribution >= 0.6 is 0 Å². The van der Waals surface area contributed by atoms with E-state index in [0.717, 1.165) is 5.56 Å². The Balaban J connectivity index is 2.38. The summed E-state index contributed by atoms with van der Waals surface area (Å²) in [6, 6.07) is 8.47. The number of benzene rings is 1. The van der Waals surface area contributed by atoms with Crippen LogP contribution in [0.15, 0.2) is 24.3 Å². The van der Waals surface area contributed by atoms with Crippen molar-refractivity contribution < 1.29 is 14.7 Å². The number of carbonyl (C=O) groups excluding carboxylic acids is 1. The first-order valence-corrected chi connectivity index (χ1v) is 5.76. The second kappa shape index (κ2) is 7.01. The lowest BCUT2D eigenvalue weighted by molar-refractivity contribution is -0.140. The minimum atomic E-state index is -0.956. The summed E-state index contributed by atoms with van der Waals surface area (Å²) in [5, 5.41) is 22.4. The largest absolute Gasteiger partial charge is 0.481 e. The van der Waals surface area contributed by atoms with Gasteiger partial charge in [0.05, 0.1) is 17.6 Å². The molecule has 0 aliphatic heterocycles. The standard InChI is InChI=1S/C13H15N3O3/c1-9(12(17)18)7-15-13(19)16-8-11-4-2-3-10(5-11)6-14/h2-5,9H,7-8H2,1H3,(H,17,18)(H2,15,16,19). The van der Waals surface area contributed by atoms with E-state index in [0.29, 0.717) is 5.56 Å². The van der Waals surface area contributed by atoms with Crippen molar-refractivity contribution in [3.05, 3.63) is 35.4 Å². The average molecular weight is 261 g/mol. The second-order valence-electron chi connectivity index (χ2n) is 4.12. The van der Waals surface area contributed by atoms with Gasteiger partial charge in [-0.1, -0.05) is 19.1 Å². The van der Waals surface area contributed by atoms with Crippen LogP contribution in [0.4, 0.5) is 4.79 Å². The van der Waals surface area contributed by atoms with Crippen molar-refractivity contribution >= 4 is 12.0 Å². The first-order valence-electron chi connectivity index (χ1n) is 5.76. The molecule has 3 N–H and O–H groups in total. The highest BCUT2D eigenvalue weighted by molar-refractivity contribution is 5.75. The normalized spacial score (nSPS) is 11.2. The number of urea groups is 1. The number of carboxylic acids is 1. The molecule has 0 aliphatic carbocycles. The van der Waals surface area contributed by atoms with E-state index in [1.807, 2.05) is 6.07 Å². The van der Waals surface area contributed by atoms with E-state index in [2.05, 4.69) is 10.6 Å². The number of aliphatic carboxylic acids is 1. The Morgan fingerprint density at radius 1 is 1.42 bits per heavy atom. The fourth-order valence-corrected chi connectivity index (χ4v) is 1.33. The lowest BCUT2D eigenvalue weighted by Crippen LogP contribution is -2.38. The summed E-state index contributed by atoms with van der Waals surface area (Å²) in [4.78, 5) is 22.0. The van der Waals surface area contributed by atoms with Crippen molar-refractivity contribution in [3.63, 3.8) is 0 Å². The van der Waals surface area contributed by atoms with Gasteiger partial charge in [0, 0.05) is 13.1 Å². The van der Waals surface area contributed by atoms with E-state index in [9.17, 15) is 9.59 Å². The fraction of sp³-hybridized carbons (Fsp3) is 0.308. The van der Waals surface area contributed by atoms with E-state index in [1.54, 1.807) is 24.3 Å². The van der Waals surface area contributed by atoms with Gasteiger partial charge in [0.25, 0.3) is 0 Å². The van der Waals surface area contributed by atoms with Crippen LogP contribution in [0.25, 0.3) is 0 Å². The summed E-state index contributed by atoms with van der Waals surface area (Å²) in [5.74, 6) is -1.59. The van der Waals surface area contributed by atoms with Crippen LogP contribution in [-0.2, 0) is 11.3 Å². The van der Waals surface area contributed by atoms with Crippen molar-refractivity contribution in [1.29, 1.82) is 5.26 Å². The van der Waals surface area contributed by atoms with Gasteiger partial charge in [-0.15, -0.1) is 0 Å². The van der Waals surface area contributed by atoms with Gasteiger partial charge in [0.1, 0.15) is 0 Å². The number of rotatable bonds is 5. The first kappa shape index (κ1) is 14.5. The Labute approximate surface area is 111 Å². The molecule has 1 aromatic carbocycles. The summed E-state index contributed by atoms with van der Waals surface area (Å²) in [5.41, 5.74) is 1.33. The number of hydrogen-bond acceptors (Lipinski definition) is 3. The van der Waals surface area contributed by atoms with Crippen LogP contribution in [0.2, 0.25) is 0 Å². The predicted octanol–water partition coefficient (Wildman–Crippen LogP) is 1.08. The second-order valence-corrected chi connectivity index (χ2v) is 4.12. The van der Waals surface area contributed by atoms with E-state index in [1.165, 1.54) is 6.92 Å². The minimum absolute atomic E-state index is 0.0689. The number of nitrogens with one attached hydrogen (secondary N) is 2. The zero-order chi connectivity index (χ0) is 14.3. The number of nitriles is 1. The average Bonchev–Trinajstić information content (AvgIpc) is 2.42. The molecular weight excluding hydrogens is 246 g/mol. The number of nitrogens with zero attached hydrogens (tertiary/aromatic N) is 1. The van der Waals surface area contributed by atoms with Gasteiger partial charge in [-0.05, 0) is 17.7 Å². The van der Waals surface area contributed by atoms with Crippen LogP contribution < -0.4 is 10.6 Å². The van der Waals surface area contributed by atoms with Gasteiger partial charge in [-0.3, -0.25) is 4.79 Å². The molecule has 1 atom stereocenters. The third kappa shape index (κ3) is 5.08. The molecule has 0 fully saturated rings. The van der Waals surface area contributed by atoms with Crippen molar-refractivity contribution in [1.82, 2.24) is 10.6 Å². The molecular formula is C13H15N3O3. The summed E-state index contributed by atoms with van der Waals surface area (Å²) < 4.78 is 0. The molecule has 6 heteroatoms. The molecule has 0 saturated carbocycles. The molecule has 100 valence electrons. The van der Waals surface area contributed by atoms with E-state index in [-0.39, 0.29) is 13.1 Å². The van der Waals surface area contributed by atoms with Crippen molar-refractivity contribution in [2.24, 2.45) is 5.92 Å². The van der Waals surface area contributed by atoms with Gasteiger partial charge < -0.3 is 15.7 Å². The highest BCUT2D eigenvalue weighted by Crippen LogP contribution is 2.03. The Morgan fingerprint density at radius 2 is 2.16 bits per heavy atom. The Kier molecular flexibility index (Phi) is 5.35. The Morgan fingerprint density at radius 3 is 2.79 bits per heavy atom. The highest BCUT2D eigenvalue weighted by Gasteiger charge is 2.11. The van der Waals surface area contributed by atoms with E-state index >= 15 is 0 Å². The number of carbonyl (C=O) groups is 2. The zero-order valence-corrected chi connectivity index (χ0v) is 10.5. The highest BCUT2D eigenvalue weighted by atomic mass is 16.4. The van der Waals surface area contributed by atoms with Crippen molar-refractivity contribution in [2.75, 3.05) is 6.54 Å². The van der Waals surface area contributed by atoms with Crippen LogP contribution in [0.5, 0.6) is 0 Å². The number of hydrogen-bond donors (Lipinski definition) is 3. The Hall–Kier alpha value is -2.55. The smallest absolute Gasteiger partial charge is 0.315 e. The van der Waals surface area contributed by atoms with Crippen LogP contribution in [0.3, 0.4) is 0 Å². The molecule has 19 heavy (non-hydrogen) atoms. The maximum atomic E-state index is 11.4. The summed E-state index contributed by atoms with van der Waals surface area (Å²) in [7, 11) is 0. The molecule has 1 unspecified atom stereocenters. The molecule has 0 aliphatic rings. The van der Waals surface area contributed by atoms with Crippen LogP contribution in [0, 0.1) is 17.2 Å². The molecule has 0 aromatic heterocycles. The maximum absolute atomic E-state index is 11.4. The number of amides is 2. The monoisotopic (exact) mass is 261 g/mol. The molecule has 0 heterocycles. The molecule has 0 saturated heterocycles. The quantitative estimate of drug-likeness (QED) is 0.738. The molecule has 6 nitrogen and oxygen atoms in total. The molecule has 2 amide bonds. The van der Waals surface area contributed by atoms with Crippen molar-refractivity contribution in [2.45, 2.75) is 13.5 Å². The molecule has 0 bridgehead atoms. The van der Waals surface area contributed by atoms with E-state index in [4.69, 9.17) is 10.4 Å². The summed E-state index contributed by atoms with van der Waals surface area (Å²) >= 11 is 0. The van der Waals surface area contributed by atoms with Gasteiger partial charge in [0.15, 0.2) is 0 Å².